The SMILES string of the molecule is O=C(Nc1ccc(OCc2cccnc2)cc1)N(Cc1cccnc1)C1CC1. The van der Waals surface area contributed by atoms with Crippen molar-refractivity contribution in [2.75, 3.05) is 5.32 Å². The van der Waals surface area contributed by atoms with Crippen molar-refractivity contribution in [3.63, 3.8) is 0 Å². The fourth-order valence-corrected chi connectivity index (χ4v) is 2.92. The van der Waals surface area contributed by atoms with Crippen molar-refractivity contribution in [3.05, 3.63) is 84.4 Å². The van der Waals surface area contributed by atoms with E-state index in [0.717, 1.165) is 35.4 Å². The molecule has 3 aromatic rings. The number of ether oxygens (including phenoxy) is 1. The molecule has 2 amide bonds. The molecule has 0 saturated heterocycles. The predicted molar refractivity (Wildman–Crippen MR) is 107 cm³/mol. The van der Waals surface area contributed by atoms with Crippen LogP contribution in [0.25, 0.3) is 0 Å². The zero-order valence-electron chi connectivity index (χ0n) is 15.5. The number of nitrogens with one attached hydrogen (secondary N) is 1. The quantitative estimate of drug-likeness (QED) is 0.671. The van der Waals surface area contributed by atoms with E-state index in [9.17, 15) is 4.79 Å². The van der Waals surface area contributed by atoms with Crippen LogP contribution >= 0.6 is 0 Å². The molecule has 2 aromatic heterocycles. The number of urea groups is 1. The second-order valence-corrected chi connectivity index (χ2v) is 6.82. The number of rotatable bonds is 7. The normalized spacial score (nSPS) is 13.0. The Kier molecular flexibility index (Phi) is 5.47. The molecule has 0 unspecified atom stereocenters. The topological polar surface area (TPSA) is 67.3 Å². The van der Waals surface area contributed by atoms with Gasteiger partial charge in [-0.05, 0) is 54.8 Å². The zero-order valence-corrected chi connectivity index (χ0v) is 15.5. The van der Waals surface area contributed by atoms with Crippen LogP contribution in [-0.2, 0) is 13.2 Å². The molecule has 1 fully saturated rings. The molecule has 0 spiro atoms. The standard InChI is InChI=1S/C22H22N4O2/c27-22(26(20-7-8-20)15-17-3-1-11-23-13-17)25-19-5-9-21(10-6-19)28-16-18-4-2-12-24-14-18/h1-6,9-14,20H,7-8,15-16H2,(H,25,27). The fourth-order valence-electron chi connectivity index (χ4n) is 2.92. The number of nitrogens with zero attached hydrogens (tertiary/aromatic N) is 3. The molecule has 6 heteroatoms. The minimum absolute atomic E-state index is 0.0876. The van der Waals surface area contributed by atoms with Crippen molar-refractivity contribution < 1.29 is 9.53 Å². The number of anilines is 1. The van der Waals surface area contributed by atoms with E-state index in [4.69, 9.17) is 4.74 Å². The van der Waals surface area contributed by atoms with Gasteiger partial charge in [0.25, 0.3) is 0 Å². The van der Waals surface area contributed by atoms with Gasteiger partial charge in [-0.1, -0.05) is 12.1 Å². The summed E-state index contributed by atoms with van der Waals surface area (Å²) in [5.74, 6) is 0.747. The van der Waals surface area contributed by atoms with Gasteiger partial charge in [-0.15, -0.1) is 0 Å². The van der Waals surface area contributed by atoms with Crippen LogP contribution in [0, 0.1) is 0 Å². The minimum Gasteiger partial charge on any atom is -0.489 e. The zero-order chi connectivity index (χ0) is 19.2. The molecule has 0 aliphatic heterocycles. The highest BCUT2D eigenvalue weighted by molar-refractivity contribution is 5.89. The third kappa shape index (κ3) is 4.85. The average Bonchev–Trinajstić information content (AvgIpc) is 3.58. The van der Waals surface area contributed by atoms with Gasteiger partial charge in [-0.2, -0.15) is 0 Å². The Morgan fingerprint density at radius 1 is 1.00 bits per heavy atom. The summed E-state index contributed by atoms with van der Waals surface area (Å²) in [6.45, 7) is 1.02. The number of carbonyl (C=O) groups excluding carboxylic acids is 1. The minimum atomic E-state index is -0.0876. The van der Waals surface area contributed by atoms with Gasteiger partial charge in [-0.25, -0.2) is 4.79 Å². The second kappa shape index (κ2) is 8.52. The van der Waals surface area contributed by atoms with Crippen molar-refractivity contribution in [2.24, 2.45) is 0 Å². The molecule has 1 N–H and O–H groups in total. The largest absolute Gasteiger partial charge is 0.489 e. The maximum Gasteiger partial charge on any atom is 0.322 e. The maximum absolute atomic E-state index is 12.8. The Bertz CT molecular complexity index is 897. The lowest BCUT2D eigenvalue weighted by molar-refractivity contribution is 0.206. The van der Waals surface area contributed by atoms with Crippen LogP contribution in [0.4, 0.5) is 10.5 Å². The summed E-state index contributed by atoms with van der Waals surface area (Å²) in [5.41, 5.74) is 2.79. The molecule has 0 atom stereocenters. The molecule has 0 radical (unpaired) electrons. The summed E-state index contributed by atoms with van der Waals surface area (Å²) in [6, 6.07) is 15.4. The van der Waals surface area contributed by atoms with Gasteiger partial charge in [0.1, 0.15) is 12.4 Å². The van der Waals surface area contributed by atoms with Crippen molar-refractivity contribution in [2.45, 2.75) is 32.0 Å². The van der Waals surface area contributed by atoms with Crippen LogP contribution in [0.15, 0.2) is 73.3 Å². The fraction of sp³-hybridized carbons (Fsp3) is 0.227. The van der Waals surface area contributed by atoms with Crippen LogP contribution in [0.3, 0.4) is 0 Å². The summed E-state index contributed by atoms with van der Waals surface area (Å²) in [6.07, 6.45) is 9.16. The highest BCUT2D eigenvalue weighted by Crippen LogP contribution is 2.29. The molecule has 4 rings (SSSR count). The van der Waals surface area contributed by atoms with E-state index in [2.05, 4.69) is 15.3 Å². The highest BCUT2D eigenvalue weighted by atomic mass is 16.5. The summed E-state index contributed by atoms with van der Waals surface area (Å²) in [7, 11) is 0. The molecule has 6 nitrogen and oxygen atoms in total. The van der Waals surface area contributed by atoms with Gasteiger partial charge in [0.15, 0.2) is 0 Å². The van der Waals surface area contributed by atoms with Gasteiger partial charge < -0.3 is 15.0 Å². The van der Waals surface area contributed by atoms with Crippen LogP contribution in [0.5, 0.6) is 5.75 Å². The number of pyridine rings is 2. The van der Waals surface area contributed by atoms with Crippen molar-refractivity contribution in [1.82, 2.24) is 14.9 Å². The van der Waals surface area contributed by atoms with Gasteiger partial charge in [0.05, 0.1) is 0 Å². The van der Waals surface area contributed by atoms with Crippen LogP contribution in [-0.4, -0.2) is 26.9 Å². The highest BCUT2D eigenvalue weighted by Gasteiger charge is 2.32. The summed E-state index contributed by atoms with van der Waals surface area (Å²) < 4.78 is 5.76. The lowest BCUT2D eigenvalue weighted by atomic mass is 10.2. The van der Waals surface area contributed by atoms with E-state index in [0.29, 0.717) is 19.2 Å². The summed E-state index contributed by atoms with van der Waals surface area (Å²) >= 11 is 0. The monoisotopic (exact) mass is 374 g/mol. The van der Waals surface area contributed by atoms with Crippen molar-refractivity contribution in [3.8, 4) is 5.75 Å². The molecule has 0 bridgehead atoms. The van der Waals surface area contributed by atoms with Gasteiger partial charge in [0, 0.05) is 48.6 Å². The second-order valence-electron chi connectivity index (χ2n) is 6.82. The lowest BCUT2D eigenvalue weighted by Gasteiger charge is -2.23. The Balaban J connectivity index is 1.34. The van der Waals surface area contributed by atoms with E-state index in [1.807, 2.05) is 53.4 Å². The maximum atomic E-state index is 12.8. The molecule has 1 saturated carbocycles. The van der Waals surface area contributed by atoms with E-state index in [1.165, 1.54) is 0 Å². The first-order chi connectivity index (χ1) is 13.8. The van der Waals surface area contributed by atoms with Crippen LogP contribution in [0.2, 0.25) is 0 Å². The summed E-state index contributed by atoms with van der Waals surface area (Å²) in [4.78, 5) is 22.8. The molecule has 28 heavy (non-hydrogen) atoms. The number of hydrogen-bond donors (Lipinski definition) is 1. The Morgan fingerprint density at radius 3 is 2.29 bits per heavy atom. The molecule has 1 aliphatic rings. The lowest BCUT2D eigenvalue weighted by Crippen LogP contribution is -2.36. The summed E-state index contributed by atoms with van der Waals surface area (Å²) in [5, 5.41) is 2.99. The Labute approximate surface area is 164 Å². The van der Waals surface area contributed by atoms with E-state index in [1.54, 1.807) is 24.8 Å². The molecule has 1 aromatic carbocycles. The third-order valence-electron chi connectivity index (χ3n) is 4.56. The third-order valence-corrected chi connectivity index (χ3v) is 4.56. The number of amides is 2. The van der Waals surface area contributed by atoms with Crippen LogP contribution < -0.4 is 10.1 Å². The average molecular weight is 374 g/mol. The van der Waals surface area contributed by atoms with E-state index < -0.39 is 0 Å². The van der Waals surface area contributed by atoms with Crippen molar-refractivity contribution >= 4 is 11.7 Å². The predicted octanol–water partition coefficient (Wildman–Crippen LogP) is 4.25. The van der Waals surface area contributed by atoms with Crippen molar-refractivity contribution in [1.29, 1.82) is 0 Å². The number of hydrogen-bond acceptors (Lipinski definition) is 4. The van der Waals surface area contributed by atoms with Gasteiger partial charge in [0.2, 0.25) is 0 Å². The number of benzene rings is 1. The smallest absolute Gasteiger partial charge is 0.322 e. The first-order valence-electron chi connectivity index (χ1n) is 9.36. The molecular weight excluding hydrogens is 352 g/mol. The molecule has 2 heterocycles. The first kappa shape index (κ1) is 18.0. The Morgan fingerprint density at radius 2 is 1.68 bits per heavy atom. The number of carbonyl (C=O) groups is 1. The molecule has 142 valence electrons. The van der Waals surface area contributed by atoms with Gasteiger partial charge >= 0.3 is 6.03 Å². The van der Waals surface area contributed by atoms with E-state index >= 15 is 0 Å². The molecular formula is C22H22N4O2. The Hall–Kier alpha value is -3.41. The van der Waals surface area contributed by atoms with Gasteiger partial charge in [-0.3, -0.25) is 9.97 Å². The molecule has 1 aliphatic carbocycles. The van der Waals surface area contributed by atoms with E-state index in [-0.39, 0.29) is 6.03 Å². The first-order valence-corrected chi connectivity index (χ1v) is 9.36. The number of aromatic nitrogens is 2. The van der Waals surface area contributed by atoms with Crippen LogP contribution in [0.1, 0.15) is 24.0 Å².